The molecule has 0 rings (SSSR count). The predicted octanol–water partition coefficient (Wildman–Crippen LogP) is 2.49. The fourth-order valence-corrected chi connectivity index (χ4v) is 2.34. The van der Waals surface area contributed by atoms with Crippen molar-refractivity contribution in [2.45, 2.75) is 58.7 Å². The van der Waals surface area contributed by atoms with Crippen molar-refractivity contribution in [2.75, 3.05) is 19.8 Å². The van der Waals surface area contributed by atoms with Crippen LogP contribution < -0.4 is 0 Å². The highest BCUT2D eigenvalue weighted by Gasteiger charge is 2.26. The van der Waals surface area contributed by atoms with E-state index in [4.69, 9.17) is 23.8 Å². The Morgan fingerprint density at radius 3 is 1.74 bits per heavy atom. The number of phosphoric ester groups is 1. The molecule has 2 unspecified atom stereocenters. The fourth-order valence-electron chi connectivity index (χ4n) is 1.10. The zero-order valence-electron chi connectivity index (χ0n) is 12.1. The molecule has 19 heavy (non-hydrogen) atoms. The molecule has 6 nitrogen and oxygen atoms in total. The van der Waals surface area contributed by atoms with E-state index in [1.54, 1.807) is 13.8 Å². The van der Waals surface area contributed by atoms with Crippen LogP contribution in [0.1, 0.15) is 46.5 Å². The number of rotatable bonds is 12. The summed E-state index contributed by atoms with van der Waals surface area (Å²) in [5.74, 6) is 0. The number of aliphatic hydroxyl groups is 2. The molecule has 0 heterocycles. The number of unbranched alkanes of at least 4 members (excludes halogenated alkanes) is 1. The Balaban J connectivity index is 4.15. The Bertz CT molecular complexity index is 239. The van der Waals surface area contributed by atoms with E-state index in [0.29, 0.717) is 19.4 Å². The molecule has 0 aromatic carbocycles. The molecule has 0 aromatic heterocycles. The van der Waals surface area contributed by atoms with Gasteiger partial charge in [-0.05, 0) is 33.1 Å². The zero-order chi connectivity index (χ0) is 14.7. The predicted molar refractivity (Wildman–Crippen MR) is 73.0 cm³/mol. The molecule has 0 aliphatic heterocycles. The van der Waals surface area contributed by atoms with Gasteiger partial charge < -0.3 is 10.2 Å². The van der Waals surface area contributed by atoms with Crippen LogP contribution in [0, 0.1) is 0 Å². The van der Waals surface area contributed by atoms with Crippen LogP contribution in [0.5, 0.6) is 0 Å². The highest BCUT2D eigenvalue weighted by molar-refractivity contribution is 7.48. The van der Waals surface area contributed by atoms with E-state index in [0.717, 1.165) is 12.8 Å². The van der Waals surface area contributed by atoms with Crippen molar-refractivity contribution >= 4 is 7.82 Å². The number of phosphoric acid groups is 1. The van der Waals surface area contributed by atoms with Crippen molar-refractivity contribution < 1.29 is 28.3 Å². The fraction of sp³-hybridized carbons (Fsp3) is 1.00. The molecule has 0 amide bonds. The maximum Gasteiger partial charge on any atom is 0.474 e. The normalized spacial score (nSPS) is 17.9. The summed E-state index contributed by atoms with van der Waals surface area (Å²) in [4.78, 5) is 0. The van der Waals surface area contributed by atoms with Crippen LogP contribution in [0.25, 0.3) is 0 Å². The monoisotopic (exact) mass is 298 g/mol. The average molecular weight is 298 g/mol. The Kier molecular flexibility index (Phi) is 10.8. The van der Waals surface area contributed by atoms with E-state index in [-0.39, 0.29) is 13.2 Å². The molecule has 116 valence electrons. The zero-order valence-corrected chi connectivity index (χ0v) is 13.0. The summed E-state index contributed by atoms with van der Waals surface area (Å²) in [6, 6.07) is 0. The van der Waals surface area contributed by atoms with E-state index in [9.17, 15) is 4.57 Å². The van der Waals surface area contributed by atoms with Crippen LogP contribution >= 0.6 is 7.82 Å². The smallest absolute Gasteiger partial charge is 0.393 e. The minimum Gasteiger partial charge on any atom is -0.393 e. The molecule has 0 aliphatic carbocycles. The lowest BCUT2D eigenvalue weighted by Crippen LogP contribution is -2.10. The summed E-state index contributed by atoms with van der Waals surface area (Å²) in [5, 5.41) is 18.3. The van der Waals surface area contributed by atoms with Gasteiger partial charge in [-0.3, -0.25) is 13.6 Å². The largest absolute Gasteiger partial charge is 0.474 e. The van der Waals surface area contributed by atoms with Gasteiger partial charge in [-0.2, -0.15) is 0 Å². The van der Waals surface area contributed by atoms with E-state index < -0.39 is 20.0 Å². The summed E-state index contributed by atoms with van der Waals surface area (Å²) in [6.07, 6.45) is 1.36. The minimum atomic E-state index is -3.58. The molecular formula is C12H27O6P. The molecule has 0 saturated heterocycles. The average Bonchev–Trinajstić information content (AvgIpc) is 2.28. The summed E-state index contributed by atoms with van der Waals surface area (Å²) < 4.78 is 27.7. The summed E-state index contributed by atoms with van der Waals surface area (Å²) in [6.45, 7) is 5.76. The van der Waals surface area contributed by atoms with Gasteiger partial charge in [0.2, 0.25) is 0 Å². The number of hydrogen-bond donors (Lipinski definition) is 2. The van der Waals surface area contributed by atoms with Crippen LogP contribution in [0.15, 0.2) is 0 Å². The molecule has 0 aromatic rings. The Labute approximate surface area is 115 Å². The van der Waals surface area contributed by atoms with Gasteiger partial charge in [-0.1, -0.05) is 13.3 Å². The number of aliphatic hydroxyl groups excluding tert-OH is 2. The molecule has 2 atom stereocenters. The van der Waals surface area contributed by atoms with Crippen molar-refractivity contribution in [1.29, 1.82) is 0 Å². The van der Waals surface area contributed by atoms with Crippen LogP contribution in [0.4, 0.5) is 0 Å². The second kappa shape index (κ2) is 10.8. The van der Waals surface area contributed by atoms with Gasteiger partial charge in [0.05, 0.1) is 32.0 Å². The first-order valence-corrected chi connectivity index (χ1v) is 8.25. The van der Waals surface area contributed by atoms with Gasteiger partial charge in [0.15, 0.2) is 0 Å². The first-order valence-electron chi connectivity index (χ1n) is 6.79. The molecular weight excluding hydrogens is 271 g/mol. The van der Waals surface area contributed by atoms with Crippen LogP contribution in [-0.4, -0.2) is 42.2 Å². The molecule has 0 bridgehead atoms. The summed E-state index contributed by atoms with van der Waals surface area (Å²) in [7, 11) is -3.58. The third kappa shape index (κ3) is 11.5. The topological polar surface area (TPSA) is 85.2 Å². The third-order valence-electron chi connectivity index (χ3n) is 2.32. The highest BCUT2D eigenvalue weighted by atomic mass is 31.2. The van der Waals surface area contributed by atoms with Crippen molar-refractivity contribution in [3.63, 3.8) is 0 Å². The SMILES string of the molecule is CCCCOP(=O)(OCCC(C)O)OCCC(C)O. The lowest BCUT2D eigenvalue weighted by atomic mass is 10.3. The Morgan fingerprint density at radius 2 is 1.37 bits per heavy atom. The van der Waals surface area contributed by atoms with Crippen molar-refractivity contribution in [1.82, 2.24) is 0 Å². The van der Waals surface area contributed by atoms with Crippen LogP contribution in [-0.2, 0) is 18.1 Å². The van der Waals surface area contributed by atoms with E-state index >= 15 is 0 Å². The molecule has 0 aliphatic rings. The van der Waals surface area contributed by atoms with E-state index in [1.165, 1.54) is 0 Å². The first kappa shape index (κ1) is 19.0. The maximum atomic E-state index is 12.2. The van der Waals surface area contributed by atoms with Crippen molar-refractivity contribution in [3.05, 3.63) is 0 Å². The lowest BCUT2D eigenvalue weighted by molar-refractivity contribution is 0.0825. The molecule has 0 fully saturated rings. The van der Waals surface area contributed by atoms with Gasteiger partial charge in [-0.25, -0.2) is 4.57 Å². The highest BCUT2D eigenvalue weighted by Crippen LogP contribution is 2.49. The quantitative estimate of drug-likeness (QED) is 0.425. The molecule has 7 heteroatoms. The maximum absolute atomic E-state index is 12.2. The van der Waals surface area contributed by atoms with Gasteiger partial charge in [0.1, 0.15) is 0 Å². The third-order valence-corrected chi connectivity index (χ3v) is 3.81. The minimum absolute atomic E-state index is 0.107. The second-order valence-electron chi connectivity index (χ2n) is 4.58. The van der Waals surface area contributed by atoms with Gasteiger partial charge >= 0.3 is 7.82 Å². The second-order valence-corrected chi connectivity index (χ2v) is 6.24. The van der Waals surface area contributed by atoms with Gasteiger partial charge in [0, 0.05) is 0 Å². The Morgan fingerprint density at radius 1 is 0.947 bits per heavy atom. The van der Waals surface area contributed by atoms with Crippen molar-refractivity contribution in [3.8, 4) is 0 Å². The molecule has 0 saturated carbocycles. The van der Waals surface area contributed by atoms with Crippen LogP contribution in [0.3, 0.4) is 0 Å². The number of hydrogen-bond acceptors (Lipinski definition) is 6. The van der Waals surface area contributed by atoms with Crippen molar-refractivity contribution in [2.24, 2.45) is 0 Å². The summed E-state index contributed by atoms with van der Waals surface area (Å²) >= 11 is 0. The van der Waals surface area contributed by atoms with Gasteiger partial charge in [0.25, 0.3) is 0 Å². The van der Waals surface area contributed by atoms with E-state index in [2.05, 4.69) is 0 Å². The molecule has 0 radical (unpaired) electrons. The molecule has 2 N–H and O–H groups in total. The van der Waals surface area contributed by atoms with E-state index in [1.807, 2.05) is 6.92 Å². The van der Waals surface area contributed by atoms with Crippen LogP contribution in [0.2, 0.25) is 0 Å². The standard InChI is InChI=1S/C12H27O6P/c1-4-5-8-16-19(15,17-9-6-11(2)13)18-10-7-12(3)14/h11-14H,4-10H2,1-3H3. The molecule has 0 spiro atoms. The first-order chi connectivity index (χ1) is 8.89. The van der Waals surface area contributed by atoms with Gasteiger partial charge in [-0.15, -0.1) is 0 Å². The Hall–Kier alpha value is 0.0300. The summed E-state index contributed by atoms with van der Waals surface area (Å²) in [5.41, 5.74) is 0. The lowest BCUT2D eigenvalue weighted by Gasteiger charge is -2.18.